The highest BCUT2D eigenvalue weighted by Crippen LogP contribution is 2.13. The summed E-state index contributed by atoms with van der Waals surface area (Å²) in [5.41, 5.74) is 1.62. The van der Waals surface area contributed by atoms with E-state index >= 15 is 0 Å². The van der Waals surface area contributed by atoms with Gasteiger partial charge in [0.15, 0.2) is 5.11 Å². The van der Waals surface area contributed by atoms with Crippen molar-refractivity contribution in [2.75, 3.05) is 26.9 Å². The quantitative estimate of drug-likeness (QED) is 0.569. The summed E-state index contributed by atoms with van der Waals surface area (Å²) in [5, 5.41) is 3.13. The maximum Gasteiger partial charge on any atom is 0.257 e. The van der Waals surface area contributed by atoms with Crippen LogP contribution in [0.3, 0.4) is 0 Å². The zero-order valence-corrected chi connectivity index (χ0v) is 15.9. The Morgan fingerprint density at radius 1 is 1.12 bits per heavy atom. The van der Waals surface area contributed by atoms with Crippen molar-refractivity contribution in [1.82, 2.24) is 10.2 Å². The fourth-order valence-electron chi connectivity index (χ4n) is 2.28. The lowest BCUT2D eigenvalue weighted by Crippen LogP contribution is -2.40. The minimum atomic E-state index is -0.259. The number of benzene rings is 2. The summed E-state index contributed by atoms with van der Waals surface area (Å²) in [4.78, 5) is 14.3. The van der Waals surface area contributed by atoms with Crippen molar-refractivity contribution in [1.29, 1.82) is 0 Å². The molecule has 1 amide bonds. The standard InChI is InChI=1S/C20H24N2O3S/c1-3-24-12-13-25-18-11-7-10-17(14-18)19(23)21-20(26)22(2)15-16-8-5-4-6-9-16/h4-11,14H,3,12-13,15H2,1-2H3,(H,21,23,26). The second-order valence-electron chi connectivity index (χ2n) is 5.67. The highest BCUT2D eigenvalue weighted by Gasteiger charge is 2.12. The average Bonchev–Trinajstić information content (AvgIpc) is 2.66. The van der Waals surface area contributed by atoms with Crippen molar-refractivity contribution in [2.24, 2.45) is 0 Å². The molecule has 0 bridgehead atoms. The van der Waals surface area contributed by atoms with Gasteiger partial charge in [-0.3, -0.25) is 10.1 Å². The Kier molecular flexibility index (Phi) is 8.05. The number of nitrogens with one attached hydrogen (secondary N) is 1. The molecule has 2 aromatic rings. The van der Waals surface area contributed by atoms with E-state index in [-0.39, 0.29) is 5.91 Å². The van der Waals surface area contributed by atoms with Crippen LogP contribution in [-0.2, 0) is 11.3 Å². The van der Waals surface area contributed by atoms with Crippen molar-refractivity contribution < 1.29 is 14.3 Å². The predicted octanol–water partition coefficient (Wildman–Crippen LogP) is 3.25. The molecule has 0 aliphatic heterocycles. The lowest BCUT2D eigenvalue weighted by Gasteiger charge is -2.20. The largest absolute Gasteiger partial charge is 0.491 e. The molecule has 0 aliphatic carbocycles. The lowest BCUT2D eigenvalue weighted by molar-refractivity contribution is 0.0972. The minimum Gasteiger partial charge on any atom is -0.491 e. The summed E-state index contributed by atoms with van der Waals surface area (Å²) in [6.45, 7) is 4.17. The Balaban J connectivity index is 1.89. The number of rotatable bonds is 8. The molecule has 0 fully saturated rings. The van der Waals surface area contributed by atoms with Gasteiger partial charge in [-0.05, 0) is 42.9 Å². The Labute approximate surface area is 159 Å². The summed E-state index contributed by atoms with van der Waals surface area (Å²) in [7, 11) is 1.85. The molecular weight excluding hydrogens is 348 g/mol. The first kappa shape index (κ1) is 19.9. The molecule has 0 atom stereocenters. The first-order chi connectivity index (χ1) is 12.6. The third kappa shape index (κ3) is 6.46. The van der Waals surface area contributed by atoms with Crippen LogP contribution in [-0.4, -0.2) is 42.8 Å². The molecule has 0 aromatic heterocycles. The van der Waals surface area contributed by atoms with Gasteiger partial charge in [-0.15, -0.1) is 0 Å². The molecule has 0 spiro atoms. The second-order valence-corrected chi connectivity index (χ2v) is 6.06. The number of hydrogen-bond acceptors (Lipinski definition) is 4. The van der Waals surface area contributed by atoms with Crippen molar-refractivity contribution in [3.63, 3.8) is 0 Å². The van der Waals surface area contributed by atoms with Gasteiger partial charge in [0.05, 0.1) is 6.61 Å². The number of carbonyl (C=O) groups is 1. The average molecular weight is 372 g/mol. The molecule has 0 unspecified atom stereocenters. The molecule has 26 heavy (non-hydrogen) atoms. The van der Waals surface area contributed by atoms with Crippen LogP contribution in [0.2, 0.25) is 0 Å². The number of ether oxygens (including phenoxy) is 2. The third-order valence-corrected chi connectivity index (χ3v) is 4.04. The van der Waals surface area contributed by atoms with Crippen LogP contribution >= 0.6 is 12.2 Å². The van der Waals surface area contributed by atoms with Gasteiger partial charge in [0.25, 0.3) is 5.91 Å². The maximum absolute atomic E-state index is 12.4. The maximum atomic E-state index is 12.4. The Hall–Kier alpha value is -2.44. The number of thiocarbonyl (C=S) groups is 1. The third-order valence-electron chi connectivity index (χ3n) is 3.63. The van der Waals surface area contributed by atoms with Crippen molar-refractivity contribution in [3.05, 3.63) is 65.7 Å². The molecule has 0 radical (unpaired) electrons. The monoisotopic (exact) mass is 372 g/mol. The van der Waals surface area contributed by atoms with Gasteiger partial charge in [0.1, 0.15) is 12.4 Å². The number of hydrogen-bond donors (Lipinski definition) is 1. The zero-order chi connectivity index (χ0) is 18.8. The van der Waals surface area contributed by atoms with Gasteiger partial charge in [0, 0.05) is 25.8 Å². The van der Waals surface area contributed by atoms with Crippen LogP contribution < -0.4 is 10.1 Å². The summed E-state index contributed by atoms with van der Waals surface area (Å²) in [6, 6.07) is 17.0. The van der Waals surface area contributed by atoms with E-state index in [1.165, 1.54) is 0 Å². The minimum absolute atomic E-state index is 0.259. The van der Waals surface area contributed by atoms with Gasteiger partial charge in [-0.2, -0.15) is 0 Å². The highest BCUT2D eigenvalue weighted by atomic mass is 32.1. The SMILES string of the molecule is CCOCCOc1cccc(C(=O)NC(=S)N(C)Cc2ccccc2)c1. The second kappa shape index (κ2) is 10.5. The van der Waals surface area contributed by atoms with Gasteiger partial charge in [0.2, 0.25) is 0 Å². The van der Waals surface area contributed by atoms with E-state index in [9.17, 15) is 4.79 Å². The molecule has 1 N–H and O–H groups in total. The topological polar surface area (TPSA) is 50.8 Å². The summed E-state index contributed by atoms with van der Waals surface area (Å²) >= 11 is 5.33. The molecule has 0 saturated carbocycles. The molecule has 2 aromatic carbocycles. The van der Waals surface area contributed by atoms with Crippen LogP contribution in [0, 0.1) is 0 Å². The van der Waals surface area contributed by atoms with Crippen molar-refractivity contribution in [3.8, 4) is 5.75 Å². The van der Waals surface area contributed by atoms with Crippen molar-refractivity contribution >= 4 is 23.2 Å². The zero-order valence-electron chi connectivity index (χ0n) is 15.1. The Morgan fingerprint density at radius 2 is 1.88 bits per heavy atom. The molecule has 5 nitrogen and oxygen atoms in total. The molecular formula is C20H24N2O3S. The smallest absolute Gasteiger partial charge is 0.257 e. The van der Waals surface area contributed by atoms with E-state index in [0.29, 0.717) is 42.8 Å². The fraction of sp³-hybridized carbons (Fsp3) is 0.300. The summed E-state index contributed by atoms with van der Waals surface area (Å²) in [5.74, 6) is 0.367. The molecule has 0 heterocycles. The fourth-order valence-corrected chi connectivity index (χ4v) is 2.44. The van der Waals surface area contributed by atoms with E-state index in [1.54, 1.807) is 18.2 Å². The first-order valence-corrected chi connectivity index (χ1v) is 8.92. The summed E-state index contributed by atoms with van der Waals surface area (Å²) < 4.78 is 10.8. The van der Waals surface area contributed by atoms with Crippen LogP contribution in [0.5, 0.6) is 5.75 Å². The van der Waals surface area contributed by atoms with E-state index in [2.05, 4.69) is 5.32 Å². The van der Waals surface area contributed by atoms with Gasteiger partial charge >= 0.3 is 0 Å². The van der Waals surface area contributed by atoms with Gasteiger partial charge in [-0.1, -0.05) is 36.4 Å². The normalized spacial score (nSPS) is 10.2. The predicted molar refractivity (Wildman–Crippen MR) is 106 cm³/mol. The highest BCUT2D eigenvalue weighted by molar-refractivity contribution is 7.80. The summed E-state index contributed by atoms with van der Waals surface area (Å²) in [6.07, 6.45) is 0. The van der Waals surface area contributed by atoms with Crippen LogP contribution in [0.15, 0.2) is 54.6 Å². The Bertz CT molecular complexity index is 722. The first-order valence-electron chi connectivity index (χ1n) is 8.51. The number of amides is 1. The van der Waals surface area contributed by atoms with Crippen molar-refractivity contribution in [2.45, 2.75) is 13.5 Å². The van der Waals surface area contributed by atoms with E-state index in [4.69, 9.17) is 21.7 Å². The lowest BCUT2D eigenvalue weighted by atomic mass is 10.2. The number of nitrogens with zero attached hydrogens (tertiary/aromatic N) is 1. The molecule has 0 aliphatic rings. The van der Waals surface area contributed by atoms with E-state index < -0.39 is 0 Å². The van der Waals surface area contributed by atoms with Crippen LogP contribution in [0.25, 0.3) is 0 Å². The molecule has 0 saturated heterocycles. The van der Waals surface area contributed by atoms with Gasteiger partial charge < -0.3 is 14.4 Å². The molecule has 6 heteroatoms. The number of carbonyl (C=O) groups excluding carboxylic acids is 1. The molecule has 138 valence electrons. The Morgan fingerprint density at radius 3 is 2.62 bits per heavy atom. The van der Waals surface area contributed by atoms with Crippen LogP contribution in [0.1, 0.15) is 22.8 Å². The molecule has 2 rings (SSSR count). The van der Waals surface area contributed by atoms with E-state index in [1.807, 2.05) is 55.3 Å². The van der Waals surface area contributed by atoms with Gasteiger partial charge in [-0.25, -0.2) is 0 Å². The van der Waals surface area contributed by atoms with Crippen LogP contribution in [0.4, 0.5) is 0 Å². The van der Waals surface area contributed by atoms with E-state index in [0.717, 1.165) is 5.56 Å².